The van der Waals surface area contributed by atoms with Crippen molar-refractivity contribution in [1.82, 2.24) is 4.90 Å². The van der Waals surface area contributed by atoms with Crippen LogP contribution in [0.25, 0.3) is 33.4 Å². The van der Waals surface area contributed by atoms with E-state index < -0.39 is 0 Å². The molecular formula is C34H35N3O4. The van der Waals surface area contributed by atoms with Crippen LogP contribution in [0.15, 0.2) is 94.1 Å². The van der Waals surface area contributed by atoms with Gasteiger partial charge in [-0.3, -0.25) is 9.59 Å². The van der Waals surface area contributed by atoms with Crippen molar-refractivity contribution in [3.8, 4) is 22.5 Å². The lowest BCUT2D eigenvalue weighted by molar-refractivity contribution is 0.0767. The number of aliphatic hydroxyl groups excluding tert-OH is 1. The van der Waals surface area contributed by atoms with Crippen molar-refractivity contribution in [1.29, 1.82) is 0 Å². The van der Waals surface area contributed by atoms with Crippen molar-refractivity contribution in [3.05, 3.63) is 101 Å². The molecule has 1 aliphatic carbocycles. The molecule has 0 radical (unpaired) electrons. The average molecular weight is 550 g/mol. The predicted octanol–water partition coefficient (Wildman–Crippen LogP) is 6.24. The van der Waals surface area contributed by atoms with Crippen LogP contribution in [0.4, 0.5) is 17.1 Å². The molecule has 3 aromatic rings. The standard InChI is InChI=1S/C34H35N3O4/c1-5-37(6-2)27-15-17-29-31(21-27)41-32-22-28(39)16-18-30(32)33(29)23-7-11-25(12-8-23)36(4)26-13-9-24(10-14-26)34(40)35(3)19-20-38/h7-18,21-22,38H,5-6,19-20H2,1-4H3. The fourth-order valence-corrected chi connectivity index (χ4v) is 5.26. The molecule has 3 aromatic carbocycles. The maximum Gasteiger partial charge on any atom is 0.253 e. The molecule has 0 atom stereocenters. The van der Waals surface area contributed by atoms with Gasteiger partial charge in [-0.1, -0.05) is 12.1 Å². The maximum atomic E-state index is 12.5. The van der Waals surface area contributed by atoms with Crippen molar-refractivity contribution in [2.75, 3.05) is 50.1 Å². The van der Waals surface area contributed by atoms with Crippen molar-refractivity contribution >= 4 is 33.9 Å². The molecule has 210 valence electrons. The van der Waals surface area contributed by atoms with E-state index in [0.29, 0.717) is 17.9 Å². The van der Waals surface area contributed by atoms with E-state index >= 15 is 0 Å². The lowest BCUT2D eigenvalue weighted by atomic mass is 9.93. The SMILES string of the molecule is CCN(CC)c1ccc2c(-c3ccc(N(C)c4ccc(C(=O)N(C)CCO)cc4)cc3)c3ccc(=O)cc-3oc2c1. The molecule has 2 aliphatic rings. The third-order valence-corrected chi connectivity index (χ3v) is 7.63. The van der Waals surface area contributed by atoms with E-state index in [9.17, 15) is 9.59 Å². The summed E-state index contributed by atoms with van der Waals surface area (Å²) in [6.45, 7) is 6.26. The first-order valence-corrected chi connectivity index (χ1v) is 13.9. The minimum absolute atomic E-state index is 0.0700. The van der Waals surface area contributed by atoms with Crippen molar-refractivity contribution in [2.24, 2.45) is 0 Å². The summed E-state index contributed by atoms with van der Waals surface area (Å²) in [7, 11) is 3.66. The number of amides is 1. The van der Waals surface area contributed by atoms with E-state index in [1.165, 1.54) is 4.90 Å². The zero-order chi connectivity index (χ0) is 29.1. The van der Waals surface area contributed by atoms with Gasteiger partial charge in [0.05, 0.1) is 6.61 Å². The number of hydrogen-bond donors (Lipinski definition) is 1. The molecule has 1 amide bonds. The number of aliphatic hydroxyl groups is 1. The third kappa shape index (κ3) is 5.54. The van der Waals surface area contributed by atoms with Gasteiger partial charge in [-0.05, 0) is 80.1 Å². The number of rotatable bonds is 9. The zero-order valence-electron chi connectivity index (χ0n) is 23.9. The second-order valence-corrected chi connectivity index (χ2v) is 10.1. The summed E-state index contributed by atoms with van der Waals surface area (Å²) in [4.78, 5) is 30.6. The van der Waals surface area contributed by atoms with Crippen LogP contribution in [0.2, 0.25) is 0 Å². The molecule has 1 heterocycles. The summed E-state index contributed by atoms with van der Waals surface area (Å²) < 4.78 is 6.27. The van der Waals surface area contributed by atoms with Crippen molar-refractivity contribution in [3.63, 3.8) is 0 Å². The van der Waals surface area contributed by atoms with Crippen molar-refractivity contribution < 1.29 is 14.3 Å². The third-order valence-electron chi connectivity index (χ3n) is 7.63. The Labute approximate surface area is 240 Å². The van der Waals surface area contributed by atoms with Gasteiger partial charge in [-0.25, -0.2) is 0 Å². The lowest BCUT2D eigenvalue weighted by Crippen LogP contribution is -2.29. The Bertz CT molecular complexity index is 1690. The summed E-state index contributed by atoms with van der Waals surface area (Å²) in [5.74, 6) is 0.442. The Morgan fingerprint density at radius 3 is 2.07 bits per heavy atom. The average Bonchev–Trinajstić information content (AvgIpc) is 3.00. The summed E-state index contributed by atoms with van der Waals surface area (Å²) in [5, 5.41) is 10.1. The molecule has 5 rings (SSSR count). The second kappa shape index (κ2) is 11.9. The topological polar surface area (TPSA) is 77.2 Å². The highest BCUT2D eigenvalue weighted by atomic mass is 16.3. The smallest absolute Gasteiger partial charge is 0.253 e. The molecule has 7 nitrogen and oxygen atoms in total. The molecule has 0 aromatic heterocycles. The van der Waals surface area contributed by atoms with Crippen LogP contribution in [0.1, 0.15) is 24.2 Å². The number of fused-ring (bicyclic) bond motifs is 2. The van der Waals surface area contributed by atoms with Crippen LogP contribution in [0.5, 0.6) is 0 Å². The molecule has 0 spiro atoms. The van der Waals surface area contributed by atoms with E-state index in [1.54, 1.807) is 31.3 Å². The number of nitrogens with zero attached hydrogens (tertiary/aromatic N) is 3. The molecule has 0 unspecified atom stereocenters. The summed E-state index contributed by atoms with van der Waals surface area (Å²) in [6.07, 6.45) is 0. The van der Waals surface area contributed by atoms with E-state index in [2.05, 4.69) is 66.1 Å². The first-order valence-electron chi connectivity index (χ1n) is 13.9. The molecule has 1 N–H and O–H groups in total. The van der Waals surface area contributed by atoms with Gasteiger partial charge in [0.15, 0.2) is 5.43 Å². The molecule has 0 saturated heterocycles. The maximum absolute atomic E-state index is 12.5. The summed E-state index contributed by atoms with van der Waals surface area (Å²) >= 11 is 0. The molecule has 0 bridgehead atoms. The largest absolute Gasteiger partial charge is 0.456 e. The van der Waals surface area contributed by atoms with E-state index in [-0.39, 0.29) is 17.9 Å². The second-order valence-electron chi connectivity index (χ2n) is 10.1. The Morgan fingerprint density at radius 1 is 0.805 bits per heavy atom. The molecule has 0 fully saturated rings. The first kappa shape index (κ1) is 27.9. The minimum atomic E-state index is -0.125. The highest BCUT2D eigenvalue weighted by molar-refractivity contribution is 6.02. The van der Waals surface area contributed by atoms with Crippen LogP contribution in [-0.4, -0.2) is 56.3 Å². The van der Waals surface area contributed by atoms with E-state index in [1.807, 2.05) is 25.2 Å². The zero-order valence-corrected chi connectivity index (χ0v) is 23.9. The van der Waals surface area contributed by atoms with Gasteiger partial charge in [0.25, 0.3) is 5.91 Å². The van der Waals surface area contributed by atoms with Crippen LogP contribution >= 0.6 is 0 Å². The Hall–Kier alpha value is -4.62. The highest BCUT2D eigenvalue weighted by Crippen LogP contribution is 2.41. The lowest BCUT2D eigenvalue weighted by Gasteiger charge is -2.23. The van der Waals surface area contributed by atoms with Crippen LogP contribution in [0, 0.1) is 0 Å². The summed E-state index contributed by atoms with van der Waals surface area (Å²) in [5.41, 5.74) is 7.18. The van der Waals surface area contributed by atoms with Gasteiger partial charge in [-0.2, -0.15) is 0 Å². The fraction of sp³-hybridized carbons (Fsp3) is 0.235. The molecule has 0 saturated carbocycles. The van der Waals surface area contributed by atoms with Gasteiger partial charge in [0.2, 0.25) is 0 Å². The Balaban J connectivity index is 1.50. The van der Waals surface area contributed by atoms with Gasteiger partial charge in [0.1, 0.15) is 11.3 Å². The summed E-state index contributed by atoms with van der Waals surface area (Å²) in [6, 6.07) is 27.0. The Kier molecular flexibility index (Phi) is 8.08. The number of carbonyl (C=O) groups excluding carboxylic acids is 1. The van der Waals surface area contributed by atoms with E-state index in [0.717, 1.165) is 57.8 Å². The molecular weight excluding hydrogens is 514 g/mol. The van der Waals surface area contributed by atoms with Gasteiger partial charge < -0.3 is 24.2 Å². The van der Waals surface area contributed by atoms with E-state index in [4.69, 9.17) is 9.52 Å². The minimum Gasteiger partial charge on any atom is -0.456 e. The molecule has 7 heteroatoms. The first-order chi connectivity index (χ1) is 19.8. The van der Waals surface area contributed by atoms with Crippen molar-refractivity contribution in [2.45, 2.75) is 13.8 Å². The monoisotopic (exact) mass is 549 g/mol. The highest BCUT2D eigenvalue weighted by Gasteiger charge is 2.19. The van der Waals surface area contributed by atoms with Crippen LogP contribution in [0.3, 0.4) is 0 Å². The number of hydrogen-bond acceptors (Lipinski definition) is 6. The fourth-order valence-electron chi connectivity index (χ4n) is 5.26. The number of likely N-dealkylation sites (N-methyl/N-ethyl adjacent to an activating group) is 1. The van der Waals surface area contributed by atoms with Gasteiger partial charge in [-0.15, -0.1) is 0 Å². The molecule has 1 aliphatic heterocycles. The van der Waals surface area contributed by atoms with Crippen LogP contribution in [-0.2, 0) is 0 Å². The van der Waals surface area contributed by atoms with Gasteiger partial charge >= 0.3 is 0 Å². The Morgan fingerprint density at radius 2 is 1.44 bits per heavy atom. The predicted molar refractivity (Wildman–Crippen MR) is 167 cm³/mol. The van der Waals surface area contributed by atoms with Gasteiger partial charge in [0, 0.05) is 85.0 Å². The number of carbonyl (C=O) groups is 1. The normalized spacial score (nSPS) is 11.1. The number of benzene rings is 4. The van der Waals surface area contributed by atoms with Crippen LogP contribution < -0.4 is 15.2 Å². The molecule has 41 heavy (non-hydrogen) atoms. The quantitative estimate of drug-likeness (QED) is 0.219. The number of anilines is 3.